The summed E-state index contributed by atoms with van der Waals surface area (Å²) in [6.45, 7) is 4.71. The number of benzene rings is 2. The summed E-state index contributed by atoms with van der Waals surface area (Å²) < 4.78 is 70.2. The summed E-state index contributed by atoms with van der Waals surface area (Å²) in [5.41, 5.74) is 1.73. The Labute approximate surface area is 260 Å². The molecule has 2 aromatic rings. The normalized spacial score (nSPS) is 26.7. The van der Waals surface area contributed by atoms with E-state index in [4.69, 9.17) is 9.47 Å². The van der Waals surface area contributed by atoms with E-state index >= 15 is 0 Å². The first-order valence-electron chi connectivity index (χ1n) is 16.9. The number of rotatable bonds is 11. The standard InChI is InChI=1S/C37H48F4O3/c1-3-5-32(42)31-19-18-29(34(38)36(31)40)27-14-16-28(17-15-27)44-22-23-6-8-24(9-7-23)25-10-12-26(13-11-25)30-20-21-33(43-4-2)37(41)35(30)39/h12,18-21,23-25,27-28,32,42H,3-11,13-17,22H2,1-2H3. The van der Waals surface area contributed by atoms with Gasteiger partial charge in [-0.05, 0) is 131 Å². The van der Waals surface area contributed by atoms with Crippen LogP contribution < -0.4 is 4.74 Å². The highest BCUT2D eigenvalue weighted by atomic mass is 19.2. The van der Waals surface area contributed by atoms with Crippen LogP contribution >= 0.6 is 0 Å². The number of aliphatic hydroxyl groups is 1. The second kappa shape index (κ2) is 15.3. The molecule has 3 aliphatic carbocycles. The molecule has 3 nitrogen and oxygen atoms in total. The monoisotopic (exact) mass is 616 g/mol. The van der Waals surface area contributed by atoms with Crippen molar-refractivity contribution in [1.82, 2.24) is 0 Å². The lowest BCUT2D eigenvalue weighted by molar-refractivity contribution is -0.00689. The van der Waals surface area contributed by atoms with Crippen molar-refractivity contribution >= 4 is 5.57 Å². The van der Waals surface area contributed by atoms with E-state index in [9.17, 15) is 22.7 Å². The third-order valence-electron chi connectivity index (χ3n) is 10.4. The molecule has 5 rings (SSSR count). The van der Waals surface area contributed by atoms with E-state index in [0.29, 0.717) is 48.3 Å². The molecular weight excluding hydrogens is 568 g/mol. The van der Waals surface area contributed by atoms with Gasteiger partial charge in [0.1, 0.15) is 0 Å². The van der Waals surface area contributed by atoms with E-state index in [2.05, 4.69) is 6.08 Å². The minimum absolute atomic E-state index is 0.0211. The van der Waals surface area contributed by atoms with E-state index < -0.39 is 29.4 Å². The highest BCUT2D eigenvalue weighted by Gasteiger charge is 2.32. The summed E-state index contributed by atoms with van der Waals surface area (Å²) in [7, 11) is 0. The van der Waals surface area contributed by atoms with Crippen molar-refractivity contribution in [3.05, 3.63) is 70.3 Å². The van der Waals surface area contributed by atoms with Crippen molar-refractivity contribution in [2.24, 2.45) is 17.8 Å². The number of ether oxygens (including phenoxy) is 2. The molecule has 3 aliphatic rings. The lowest BCUT2D eigenvalue weighted by Gasteiger charge is -2.36. The summed E-state index contributed by atoms with van der Waals surface area (Å²) in [5, 5.41) is 10.1. The SMILES string of the molecule is CCCC(O)c1ccc(C2CCC(OCC3CCC(C4CC=C(c5ccc(OCC)c(F)c5F)CC4)CC3)CC2)c(F)c1F. The van der Waals surface area contributed by atoms with Crippen molar-refractivity contribution in [3.63, 3.8) is 0 Å². The van der Waals surface area contributed by atoms with Crippen LogP contribution in [0.4, 0.5) is 17.6 Å². The molecule has 0 amide bonds. The maximum atomic E-state index is 14.9. The van der Waals surface area contributed by atoms with Gasteiger partial charge < -0.3 is 14.6 Å². The van der Waals surface area contributed by atoms with Gasteiger partial charge in [-0.1, -0.05) is 31.6 Å². The van der Waals surface area contributed by atoms with Gasteiger partial charge in [-0.3, -0.25) is 0 Å². The molecule has 0 spiro atoms. The molecule has 242 valence electrons. The van der Waals surface area contributed by atoms with E-state index in [0.717, 1.165) is 70.0 Å². The topological polar surface area (TPSA) is 38.7 Å². The molecule has 2 unspecified atom stereocenters. The van der Waals surface area contributed by atoms with Crippen molar-refractivity contribution in [2.75, 3.05) is 13.2 Å². The number of halogens is 4. The van der Waals surface area contributed by atoms with Gasteiger partial charge in [0.05, 0.1) is 18.8 Å². The van der Waals surface area contributed by atoms with Crippen molar-refractivity contribution in [1.29, 1.82) is 0 Å². The summed E-state index contributed by atoms with van der Waals surface area (Å²) in [5.74, 6) is -1.69. The van der Waals surface area contributed by atoms with Crippen LogP contribution in [0, 0.1) is 41.0 Å². The summed E-state index contributed by atoms with van der Waals surface area (Å²) in [4.78, 5) is 0. The first kappa shape index (κ1) is 33.0. The summed E-state index contributed by atoms with van der Waals surface area (Å²) in [6, 6.07) is 6.39. The molecule has 2 atom stereocenters. The first-order valence-corrected chi connectivity index (χ1v) is 16.9. The van der Waals surface area contributed by atoms with Crippen LogP contribution in [0.5, 0.6) is 5.75 Å². The van der Waals surface area contributed by atoms with Gasteiger partial charge in [0.2, 0.25) is 5.82 Å². The quantitative estimate of drug-likeness (QED) is 0.255. The van der Waals surface area contributed by atoms with Gasteiger partial charge >= 0.3 is 0 Å². The summed E-state index contributed by atoms with van der Waals surface area (Å²) >= 11 is 0. The molecule has 0 aliphatic heterocycles. The fourth-order valence-electron chi connectivity index (χ4n) is 7.79. The molecule has 2 aromatic carbocycles. The van der Waals surface area contributed by atoms with Crippen molar-refractivity contribution in [3.8, 4) is 5.75 Å². The average Bonchev–Trinajstić information content (AvgIpc) is 3.04. The van der Waals surface area contributed by atoms with E-state index in [1.165, 1.54) is 18.9 Å². The highest BCUT2D eigenvalue weighted by Crippen LogP contribution is 2.43. The number of hydrogen-bond donors (Lipinski definition) is 1. The van der Waals surface area contributed by atoms with Crippen LogP contribution in [0.1, 0.15) is 126 Å². The van der Waals surface area contributed by atoms with E-state index in [1.54, 1.807) is 25.1 Å². The molecular formula is C37H48F4O3. The zero-order valence-corrected chi connectivity index (χ0v) is 26.2. The van der Waals surface area contributed by atoms with Gasteiger partial charge in [0.25, 0.3) is 0 Å². The third-order valence-corrected chi connectivity index (χ3v) is 10.4. The number of allylic oxidation sites excluding steroid dienone is 2. The van der Waals surface area contributed by atoms with Crippen molar-refractivity contribution in [2.45, 2.75) is 115 Å². The van der Waals surface area contributed by atoms with Crippen LogP contribution in [-0.2, 0) is 4.74 Å². The highest BCUT2D eigenvalue weighted by molar-refractivity contribution is 5.67. The molecule has 2 fully saturated rings. The zero-order valence-electron chi connectivity index (χ0n) is 26.2. The molecule has 0 saturated heterocycles. The van der Waals surface area contributed by atoms with Crippen LogP contribution in [0.2, 0.25) is 0 Å². The maximum absolute atomic E-state index is 14.9. The minimum Gasteiger partial charge on any atom is -0.491 e. The maximum Gasteiger partial charge on any atom is 0.201 e. The molecule has 0 aromatic heterocycles. The van der Waals surface area contributed by atoms with Gasteiger partial charge in [-0.25, -0.2) is 13.2 Å². The number of aliphatic hydroxyl groups excluding tert-OH is 1. The van der Waals surface area contributed by atoms with Gasteiger partial charge in [-0.2, -0.15) is 4.39 Å². The van der Waals surface area contributed by atoms with Gasteiger partial charge in [-0.15, -0.1) is 0 Å². The Morgan fingerprint density at radius 3 is 2.20 bits per heavy atom. The van der Waals surface area contributed by atoms with E-state index in [-0.39, 0.29) is 23.3 Å². The Bertz CT molecular complexity index is 1280. The second-order valence-corrected chi connectivity index (χ2v) is 13.2. The lowest BCUT2D eigenvalue weighted by atomic mass is 9.71. The van der Waals surface area contributed by atoms with Crippen molar-refractivity contribution < 1.29 is 32.1 Å². The third kappa shape index (κ3) is 7.52. The zero-order chi connectivity index (χ0) is 31.2. The van der Waals surface area contributed by atoms with Crippen LogP contribution in [0.25, 0.3) is 5.57 Å². The smallest absolute Gasteiger partial charge is 0.201 e. The molecule has 7 heteroatoms. The second-order valence-electron chi connectivity index (χ2n) is 13.2. The van der Waals surface area contributed by atoms with E-state index in [1.807, 2.05) is 6.92 Å². The Kier molecular flexibility index (Phi) is 11.5. The Morgan fingerprint density at radius 1 is 0.795 bits per heavy atom. The predicted molar refractivity (Wildman–Crippen MR) is 165 cm³/mol. The minimum atomic E-state index is -0.969. The fourth-order valence-corrected chi connectivity index (χ4v) is 7.79. The van der Waals surface area contributed by atoms with Crippen LogP contribution in [-0.4, -0.2) is 24.4 Å². The molecule has 2 saturated carbocycles. The number of hydrogen-bond acceptors (Lipinski definition) is 3. The Hall–Kier alpha value is -2.38. The molecule has 44 heavy (non-hydrogen) atoms. The molecule has 0 bridgehead atoms. The summed E-state index contributed by atoms with van der Waals surface area (Å²) in [6.07, 6.45) is 13.0. The van der Waals surface area contributed by atoms with Gasteiger partial charge in [0.15, 0.2) is 23.2 Å². The molecule has 0 radical (unpaired) electrons. The predicted octanol–water partition coefficient (Wildman–Crippen LogP) is 10.2. The molecule has 1 N–H and O–H groups in total. The van der Waals surface area contributed by atoms with Crippen LogP contribution in [0.15, 0.2) is 30.3 Å². The average molecular weight is 617 g/mol. The first-order chi connectivity index (χ1) is 21.3. The lowest BCUT2D eigenvalue weighted by Crippen LogP contribution is -2.28. The van der Waals surface area contributed by atoms with Gasteiger partial charge in [0, 0.05) is 17.7 Å². The Balaban J connectivity index is 1.04. The Morgan fingerprint density at radius 2 is 1.55 bits per heavy atom. The van der Waals surface area contributed by atoms with Crippen LogP contribution in [0.3, 0.4) is 0 Å². The largest absolute Gasteiger partial charge is 0.491 e. The molecule has 0 heterocycles. The fraction of sp³-hybridized carbons (Fsp3) is 0.622.